The number of nitrogens with one attached hydrogen (secondary N) is 1. The molecule has 1 aliphatic heterocycles. The summed E-state index contributed by atoms with van der Waals surface area (Å²) in [5, 5.41) is 13.4. The van der Waals surface area contributed by atoms with Gasteiger partial charge in [-0.2, -0.15) is 0 Å². The third-order valence-electron chi connectivity index (χ3n) is 4.13. The van der Waals surface area contributed by atoms with Gasteiger partial charge in [-0.25, -0.2) is 0 Å². The summed E-state index contributed by atoms with van der Waals surface area (Å²) in [7, 11) is 0. The molecule has 2 unspecified atom stereocenters. The van der Waals surface area contributed by atoms with Crippen LogP contribution in [-0.4, -0.2) is 36.0 Å². The molecule has 3 heteroatoms. The lowest BCUT2D eigenvalue weighted by atomic mass is 10.0. The number of aliphatic hydroxyl groups is 1. The molecule has 2 N–H and O–H groups in total. The van der Waals surface area contributed by atoms with Gasteiger partial charge >= 0.3 is 0 Å². The number of hydrogen-bond donors (Lipinski definition) is 2. The number of ether oxygens (including phenoxy) is 1. The Kier molecular flexibility index (Phi) is 2.71. The van der Waals surface area contributed by atoms with Crippen molar-refractivity contribution in [3.05, 3.63) is 0 Å². The van der Waals surface area contributed by atoms with Gasteiger partial charge in [-0.1, -0.05) is 0 Å². The Morgan fingerprint density at radius 1 is 1.00 bits per heavy atom. The minimum absolute atomic E-state index is 0.120. The molecule has 0 aromatic heterocycles. The van der Waals surface area contributed by atoms with E-state index in [1.807, 2.05) is 0 Å². The molecular weight excluding hydrogens is 190 g/mol. The average Bonchev–Trinajstić information content (AvgIpc) is 2.85. The van der Waals surface area contributed by atoms with Gasteiger partial charge in [-0.15, -0.1) is 0 Å². The molecule has 3 rings (SSSR count). The molecule has 0 radical (unpaired) electrons. The van der Waals surface area contributed by atoms with Gasteiger partial charge in [0.2, 0.25) is 0 Å². The van der Waals surface area contributed by atoms with Gasteiger partial charge in [-0.05, 0) is 44.4 Å². The van der Waals surface area contributed by atoms with Crippen LogP contribution in [0.5, 0.6) is 0 Å². The van der Waals surface area contributed by atoms with Crippen LogP contribution >= 0.6 is 0 Å². The fourth-order valence-electron chi connectivity index (χ4n) is 3.09. The van der Waals surface area contributed by atoms with Crippen molar-refractivity contribution in [3.63, 3.8) is 0 Å². The monoisotopic (exact) mass is 211 g/mol. The van der Waals surface area contributed by atoms with Crippen molar-refractivity contribution in [2.75, 3.05) is 6.61 Å². The fraction of sp³-hybridized carbons (Fsp3) is 1.00. The molecule has 3 nitrogen and oxygen atoms in total. The lowest BCUT2D eigenvalue weighted by Crippen LogP contribution is -2.46. The van der Waals surface area contributed by atoms with Crippen LogP contribution < -0.4 is 5.32 Å². The molecule has 0 aromatic rings. The predicted octanol–water partition coefficient (Wildman–Crippen LogP) is 1.06. The first-order chi connectivity index (χ1) is 7.34. The maximum atomic E-state index is 9.79. The molecule has 0 amide bonds. The van der Waals surface area contributed by atoms with Crippen LogP contribution in [-0.2, 0) is 4.74 Å². The molecule has 2 aliphatic carbocycles. The lowest BCUT2D eigenvalue weighted by Gasteiger charge is -2.25. The maximum absolute atomic E-state index is 9.79. The SMILES string of the molecule is O[C@@H]1CCC[C@H]1NC1CCOC1C1CC1. The van der Waals surface area contributed by atoms with Crippen LogP contribution in [0.15, 0.2) is 0 Å². The second-order valence-electron chi connectivity index (χ2n) is 5.34. The molecule has 0 aromatic carbocycles. The van der Waals surface area contributed by atoms with E-state index in [2.05, 4.69) is 5.32 Å². The molecule has 2 saturated carbocycles. The van der Waals surface area contributed by atoms with Gasteiger partial charge in [0.15, 0.2) is 0 Å². The van der Waals surface area contributed by atoms with Gasteiger partial charge in [0.05, 0.1) is 12.2 Å². The predicted molar refractivity (Wildman–Crippen MR) is 57.7 cm³/mol. The average molecular weight is 211 g/mol. The summed E-state index contributed by atoms with van der Waals surface area (Å²) < 4.78 is 5.79. The van der Waals surface area contributed by atoms with Crippen LogP contribution in [0.25, 0.3) is 0 Å². The molecule has 15 heavy (non-hydrogen) atoms. The highest BCUT2D eigenvalue weighted by molar-refractivity contribution is 4.96. The molecule has 0 spiro atoms. The van der Waals surface area contributed by atoms with Crippen molar-refractivity contribution in [2.45, 2.75) is 62.8 Å². The standard InChI is InChI=1S/C12H21NO2/c14-11-3-1-2-9(11)13-10-6-7-15-12(10)8-4-5-8/h8-14H,1-7H2/t9-,10?,11-,12?/m1/s1. The Morgan fingerprint density at radius 2 is 1.87 bits per heavy atom. The Bertz CT molecular complexity index is 230. The largest absolute Gasteiger partial charge is 0.392 e. The Hall–Kier alpha value is -0.120. The molecule has 86 valence electrons. The zero-order valence-corrected chi connectivity index (χ0v) is 9.19. The zero-order chi connectivity index (χ0) is 10.3. The smallest absolute Gasteiger partial charge is 0.0757 e. The van der Waals surface area contributed by atoms with Crippen molar-refractivity contribution in [2.24, 2.45) is 5.92 Å². The highest BCUT2D eigenvalue weighted by Crippen LogP contribution is 2.39. The summed E-state index contributed by atoms with van der Waals surface area (Å²) in [6.45, 7) is 0.904. The van der Waals surface area contributed by atoms with Crippen molar-refractivity contribution < 1.29 is 9.84 Å². The first-order valence-corrected chi connectivity index (χ1v) is 6.40. The fourth-order valence-corrected chi connectivity index (χ4v) is 3.09. The van der Waals surface area contributed by atoms with Gasteiger partial charge in [-0.3, -0.25) is 0 Å². The van der Waals surface area contributed by atoms with E-state index in [0.717, 1.165) is 31.8 Å². The number of rotatable bonds is 3. The highest BCUT2D eigenvalue weighted by atomic mass is 16.5. The van der Waals surface area contributed by atoms with E-state index in [1.54, 1.807) is 0 Å². The van der Waals surface area contributed by atoms with E-state index < -0.39 is 0 Å². The normalized spacial score (nSPS) is 46.2. The van der Waals surface area contributed by atoms with Crippen molar-refractivity contribution >= 4 is 0 Å². The molecule has 1 saturated heterocycles. The second kappa shape index (κ2) is 4.04. The van der Waals surface area contributed by atoms with Crippen molar-refractivity contribution in [1.29, 1.82) is 0 Å². The van der Waals surface area contributed by atoms with Gasteiger partial charge in [0.25, 0.3) is 0 Å². The summed E-state index contributed by atoms with van der Waals surface area (Å²) >= 11 is 0. The first kappa shape index (κ1) is 10.1. The lowest BCUT2D eigenvalue weighted by molar-refractivity contribution is 0.0714. The summed E-state index contributed by atoms with van der Waals surface area (Å²) in [6.07, 6.45) is 7.41. The molecule has 3 aliphatic rings. The minimum Gasteiger partial charge on any atom is -0.392 e. The Balaban J connectivity index is 1.56. The van der Waals surface area contributed by atoms with E-state index >= 15 is 0 Å². The van der Waals surface area contributed by atoms with E-state index in [4.69, 9.17) is 4.74 Å². The van der Waals surface area contributed by atoms with Crippen molar-refractivity contribution in [3.8, 4) is 0 Å². The summed E-state index contributed by atoms with van der Waals surface area (Å²) in [4.78, 5) is 0. The summed E-state index contributed by atoms with van der Waals surface area (Å²) in [5.41, 5.74) is 0. The summed E-state index contributed by atoms with van der Waals surface area (Å²) in [5.74, 6) is 0.809. The highest BCUT2D eigenvalue weighted by Gasteiger charge is 2.42. The molecular formula is C12H21NO2. The van der Waals surface area contributed by atoms with Crippen LogP contribution in [0.3, 0.4) is 0 Å². The van der Waals surface area contributed by atoms with E-state index in [1.165, 1.54) is 19.3 Å². The van der Waals surface area contributed by atoms with E-state index in [0.29, 0.717) is 18.2 Å². The van der Waals surface area contributed by atoms with Crippen LogP contribution in [0, 0.1) is 5.92 Å². The van der Waals surface area contributed by atoms with Gasteiger partial charge in [0, 0.05) is 18.7 Å². The molecule has 4 atom stereocenters. The van der Waals surface area contributed by atoms with Crippen LogP contribution in [0.1, 0.15) is 38.5 Å². The number of aliphatic hydroxyl groups excluding tert-OH is 1. The first-order valence-electron chi connectivity index (χ1n) is 6.40. The van der Waals surface area contributed by atoms with Gasteiger partial charge in [0.1, 0.15) is 0 Å². The number of hydrogen-bond acceptors (Lipinski definition) is 3. The third kappa shape index (κ3) is 2.05. The second-order valence-corrected chi connectivity index (χ2v) is 5.34. The Labute approximate surface area is 91.2 Å². The van der Waals surface area contributed by atoms with Gasteiger partial charge < -0.3 is 15.2 Å². The zero-order valence-electron chi connectivity index (χ0n) is 9.19. The van der Waals surface area contributed by atoms with E-state index in [-0.39, 0.29) is 6.10 Å². The maximum Gasteiger partial charge on any atom is 0.0757 e. The molecule has 3 fully saturated rings. The molecule has 1 heterocycles. The Morgan fingerprint density at radius 3 is 2.53 bits per heavy atom. The third-order valence-corrected chi connectivity index (χ3v) is 4.13. The molecule has 0 bridgehead atoms. The topological polar surface area (TPSA) is 41.5 Å². The van der Waals surface area contributed by atoms with Crippen LogP contribution in [0.4, 0.5) is 0 Å². The van der Waals surface area contributed by atoms with Crippen molar-refractivity contribution in [1.82, 2.24) is 5.32 Å². The van der Waals surface area contributed by atoms with E-state index in [9.17, 15) is 5.11 Å². The van der Waals surface area contributed by atoms with Crippen LogP contribution in [0.2, 0.25) is 0 Å². The quantitative estimate of drug-likeness (QED) is 0.733. The minimum atomic E-state index is -0.120. The summed E-state index contributed by atoms with van der Waals surface area (Å²) in [6, 6.07) is 0.841.